The van der Waals surface area contributed by atoms with Crippen LogP contribution in [0.2, 0.25) is 0 Å². The van der Waals surface area contributed by atoms with Crippen LogP contribution in [0.3, 0.4) is 0 Å². The molecule has 6 heteroatoms. The highest BCUT2D eigenvalue weighted by molar-refractivity contribution is 9.10. The average molecular weight is 393 g/mol. The first-order valence-corrected chi connectivity index (χ1v) is 8.87. The Labute approximate surface area is 148 Å². The Bertz CT molecular complexity index is 647. The minimum absolute atomic E-state index is 0.00738. The monoisotopic (exact) mass is 392 g/mol. The van der Waals surface area contributed by atoms with Gasteiger partial charge in [-0.25, -0.2) is 0 Å². The number of amides is 2. The second kappa shape index (κ2) is 9.37. The van der Waals surface area contributed by atoms with Gasteiger partial charge in [-0.2, -0.15) is 0 Å². The molecule has 0 radical (unpaired) electrons. The highest BCUT2D eigenvalue weighted by atomic mass is 79.9. The van der Waals surface area contributed by atoms with Crippen LogP contribution in [0.1, 0.15) is 5.56 Å². The van der Waals surface area contributed by atoms with Gasteiger partial charge in [0.15, 0.2) is 0 Å². The van der Waals surface area contributed by atoms with Crippen LogP contribution in [0.4, 0.5) is 0 Å². The predicted octanol–water partition coefficient (Wildman–Crippen LogP) is 2.97. The third kappa shape index (κ3) is 6.88. The summed E-state index contributed by atoms with van der Waals surface area (Å²) < 4.78 is 1.00. The molecule has 2 amide bonds. The summed E-state index contributed by atoms with van der Waals surface area (Å²) in [6.45, 7) is 0.454. The lowest BCUT2D eigenvalue weighted by Crippen LogP contribution is -2.37. The van der Waals surface area contributed by atoms with Crippen LogP contribution in [0.25, 0.3) is 0 Å². The first-order chi connectivity index (χ1) is 11.1. The maximum atomic E-state index is 11.7. The fourth-order valence-corrected chi connectivity index (χ4v) is 2.76. The quantitative estimate of drug-likeness (QED) is 0.712. The maximum absolute atomic E-state index is 11.7. The third-order valence-electron chi connectivity index (χ3n) is 2.96. The Morgan fingerprint density at radius 1 is 0.913 bits per heavy atom. The lowest BCUT2D eigenvalue weighted by atomic mass is 10.2. The number of nitrogens with one attached hydrogen (secondary N) is 2. The number of rotatable bonds is 7. The predicted molar refractivity (Wildman–Crippen MR) is 96.2 cm³/mol. The van der Waals surface area contributed by atoms with E-state index in [0.29, 0.717) is 6.54 Å². The van der Waals surface area contributed by atoms with Gasteiger partial charge in [0.05, 0.1) is 12.3 Å². The Balaban J connectivity index is 1.63. The summed E-state index contributed by atoms with van der Waals surface area (Å²) in [5.74, 6) is -0.0724. The Kier molecular flexibility index (Phi) is 7.16. The number of thioether (sulfide) groups is 1. The molecule has 0 aromatic heterocycles. The van der Waals surface area contributed by atoms with Gasteiger partial charge < -0.3 is 10.6 Å². The maximum Gasteiger partial charge on any atom is 0.239 e. The van der Waals surface area contributed by atoms with E-state index in [-0.39, 0.29) is 24.1 Å². The van der Waals surface area contributed by atoms with E-state index in [4.69, 9.17) is 0 Å². The number of carbonyl (C=O) groups is 2. The van der Waals surface area contributed by atoms with Crippen LogP contribution >= 0.6 is 27.7 Å². The van der Waals surface area contributed by atoms with E-state index in [1.807, 2.05) is 54.6 Å². The molecule has 0 saturated heterocycles. The number of halogens is 1. The zero-order valence-corrected chi connectivity index (χ0v) is 14.8. The van der Waals surface area contributed by atoms with Crippen molar-refractivity contribution in [1.82, 2.24) is 10.6 Å². The molecule has 120 valence electrons. The van der Waals surface area contributed by atoms with Crippen LogP contribution in [-0.2, 0) is 16.1 Å². The van der Waals surface area contributed by atoms with Gasteiger partial charge >= 0.3 is 0 Å². The number of hydrogen-bond donors (Lipinski definition) is 2. The molecule has 0 fully saturated rings. The molecular formula is C17H17BrN2O2S. The molecule has 0 heterocycles. The largest absolute Gasteiger partial charge is 0.350 e. The Morgan fingerprint density at radius 2 is 1.61 bits per heavy atom. The van der Waals surface area contributed by atoms with E-state index < -0.39 is 0 Å². The van der Waals surface area contributed by atoms with Gasteiger partial charge in [-0.3, -0.25) is 9.59 Å². The summed E-state index contributed by atoms with van der Waals surface area (Å²) in [5.41, 5.74) is 1.03. The highest BCUT2D eigenvalue weighted by Crippen LogP contribution is 2.20. The summed E-state index contributed by atoms with van der Waals surface area (Å²) in [6, 6.07) is 17.4. The van der Waals surface area contributed by atoms with Crippen molar-refractivity contribution in [3.8, 4) is 0 Å². The molecule has 0 bridgehead atoms. The molecule has 4 nitrogen and oxygen atoms in total. The lowest BCUT2D eigenvalue weighted by Gasteiger charge is -2.07. The minimum atomic E-state index is -0.198. The van der Waals surface area contributed by atoms with Crippen LogP contribution in [0.5, 0.6) is 0 Å². The Hall–Kier alpha value is -1.79. The van der Waals surface area contributed by atoms with E-state index >= 15 is 0 Å². The van der Waals surface area contributed by atoms with Crippen molar-refractivity contribution in [2.75, 3.05) is 12.3 Å². The van der Waals surface area contributed by atoms with E-state index in [0.717, 1.165) is 14.9 Å². The molecule has 0 atom stereocenters. The van der Waals surface area contributed by atoms with Crippen LogP contribution in [0, 0.1) is 0 Å². The molecule has 23 heavy (non-hydrogen) atoms. The lowest BCUT2D eigenvalue weighted by molar-refractivity contribution is -0.124. The van der Waals surface area contributed by atoms with Crippen LogP contribution < -0.4 is 10.6 Å². The summed E-state index contributed by atoms with van der Waals surface area (Å²) >= 11 is 4.80. The SMILES string of the molecule is O=C(CNC(=O)CSc1ccc(Br)cc1)NCc1ccccc1. The van der Waals surface area contributed by atoms with E-state index in [9.17, 15) is 9.59 Å². The fourth-order valence-electron chi connectivity index (χ4n) is 1.77. The van der Waals surface area contributed by atoms with Crippen molar-refractivity contribution in [1.29, 1.82) is 0 Å². The molecule has 0 spiro atoms. The molecule has 0 saturated carbocycles. The molecule has 2 aromatic rings. The second-order valence-electron chi connectivity index (χ2n) is 4.78. The molecule has 0 unspecified atom stereocenters. The minimum Gasteiger partial charge on any atom is -0.350 e. The van der Waals surface area contributed by atoms with Crippen molar-refractivity contribution in [2.24, 2.45) is 0 Å². The summed E-state index contributed by atoms with van der Waals surface area (Å²) in [5, 5.41) is 5.39. The number of benzene rings is 2. The third-order valence-corrected chi connectivity index (χ3v) is 4.50. The highest BCUT2D eigenvalue weighted by Gasteiger charge is 2.06. The fraction of sp³-hybridized carbons (Fsp3) is 0.176. The number of carbonyl (C=O) groups excluding carboxylic acids is 2. The van der Waals surface area contributed by atoms with Crippen molar-refractivity contribution < 1.29 is 9.59 Å². The zero-order chi connectivity index (χ0) is 16.5. The second-order valence-corrected chi connectivity index (χ2v) is 6.75. The van der Waals surface area contributed by atoms with Crippen molar-refractivity contribution >= 4 is 39.5 Å². The zero-order valence-electron chi connectivity index (χ0n) is 12.4. The number of hydrogen-bond acceptors (Lipinski definition) is 3. The van der Waals surface area contributed by atoms with Gasteiger partial charge in [0.1, 0.15) is 0 Å². The van der Waals surface area contributed by atoms with Gasteiger partial charge in [-0.05, 0) is 29.8 Å². The van der Waals surface area contributed by atoms with Crippen molar-refractivity contribution in [2.45, 2.75) is 11.4 Å². The molecule has 0 aliphatic heterocycles. The normalized spacial score (nSPS) is 10.1. The van der Waals surface area contributed by atoms with Gasteiger partial charge in [0, 0.05) is 15.9 Å². The molecule has 0 aliphatic rings. The van der Waals surface area contributed by atoms with Gasteiger partial charge in [0.2, 0.25) is 11.8 Å². The molecular weight excluding hydrogens is 376 g/mol. The summed E-state index contributed by atoms with van der Waals surface area (Å²) in [4.78, 5) is 24.4. The summed E-state index contributed by atoms with van der Waals surface area (Å²) in [6.07, 6.45) is 0. The molecule has 2 rings (SSSR count). The topological polar surface area (TPSA) is 58.2 Å². The van der Waals surface area contributed by atoms with Gasteiger partial charge in [-0.1, -0.05) is 46.3 Å². The van der Waals surface area contributed by atoms with Crippen molar-refractivity contribution in [3.05, 3.63) is 64.6 Å². The smallest absolute Gasteiger partial charge is 0.239 e. The van der Waals surface area contributed by atoms with Gasteiger partial charge in [0.25, 0.3) is 0 Å². The average Bonchev–Trinajstić information content (AvgIpc) is 2.58. The van der Waals surface area contributed by atoms with E-state index in [2.05, 4.69) is 26.6 Å². The first-order valence-electron chi connectivity index (χ1n) is 7.09. The van der Waals surface area contributed by atoms with E-state index in [1.54, 1.807) is 0 Å². The van der Waals surface area contributed by atoms with Crippen molar-refractivity contribution in [3.63, 3.8) is 0 Å². The van der Waals surface area contributed by atoms with Gasteiger partial charge in [-0.15, -0.1) is 11.8 Å². The van der Waals surface area contributed by atoms with E-state index in [1.165, 1.54) is 11.8 Å². The van der Waals surface area contributed by atoms with Crippen LogP contribution in [-0.4, -0.2) is 24.1 Å². The summed E-state index contributed by atoms with van der Waals surface area (Å²) in [7, 11) is 0. The standard InChI is InChI=1S/C17H17BrN2O2S/c18-14-6-8-15(9-7-14)23-12-17(22)20-11-16(21)19-10-13-4-2-1-3-5-13/h1-9H,10-12H2,(H,19,21)(H,20,22). The van der Waals surface area contributed by atoms with Crippen LogP contribution in [0.15, 0.2) is 64.0 Å². The first kappa shape index (κ1) is 17.6. The molecule has 0 aliphatic carbocycles. The molecule has 2 aromatic carbocycles. The Morgan fingerprint density at radius 3 is 2.30 bits per heavy atom. The molecule has 2 N–H and O–H groups in total.